The van der Waals surface area contributed by atoms with Gasteiger partial charge in [-0.05, 0) is 12.1 Å². The summed E-state index contributed by atoms with van der Waals surface area (Å²) in [6.45, 7) is 0.568. The molecular weight excluding hydrogens is 322 g/mol. The Labute approximate surface area is 145 Å². The largest absolute Gasteiger partial charge is 0.493 e. The Morgan fingerprint density at radius 1 is 0.958 bits per heavy atom. The fourth-order valence-electron chi connectivity index (χ4n) is 2.30. The highest BCUT2D eigenvalue weighted by molar-refractivity contribution is 7.99. The van der Waals surface area contributed by atoms with Crippen LogP contribution in [0.15, 0.2) is 59.8 Å². The monoisotopic (exact) mass is 341 g/mol. The number of rotatable bonds is 7. The van der Waals surface area contributed by atoms with E-state index in [4.69, 9.17) is 9.47 Å². The molecule has 1 aromatic heterocycles. The maximum absolute atomic E-state index is 5.78. The lowest BCUT2D eigenvalue weighted by molar-refractivity contribution is 0.313. The lowest BCUT2D eigenvalue weighted by Crippen LogP contribution is -2.03. The average Bonchev–Trinajstić information content (AvgIpc) is 3.00. The van der Waals surface area contributed by atoms with Crippen LogP contribution >= 0.6 is 11.8 Å². The summed E-state index contributed by atoms with van der Waals surface area (Å²) in [6.07, 6.45) is 0. The van der Waals surface area contributed by atoms with Crippen molar-refractivity contribution >= 4 is 11.8 Å². The van der Waals surface area contributed by atoms with Gasteiger partial charge in [-0.2, -0.15) is 0 Å². The zero-order valence-electron chi connectivity index (χ0n) is 13.7. The van der Waals surface area contributed by atoms with Crippen molar-refractivity contribution in [2.24, 2.45) is 7.05 Å². The predicted molar refractivity (Wildman–Crippen MR) is 95.7 cm³/mol. The lowest BCUT2D eigenvalue weighted by Gasteiger charge is -2.09. The highest BCUT2D eigenvalue weighted by atomic mass is 32.2. The van der Waals surface area contributed by atoms with Crippen LogP contribution in [0.1, 0.15) is 0 Å². The molecule has 0 spiro atoms. The third-order valence-corrected chi connectivity index (χ3v) is 4.49. The van der Waals surface area contributed by atoms with Crippen molar-refractivity contribution in [1.29, 1.82) is 0 Å². The summed E-state index contributed by atoms with van der Waals surface area (Å²) >= 11 is 1.62. The minimum absolute atomic E-state index is 0.568. The number of ether oxygens (including phenoxy) is 2. The third-order valence-electron chi connectivity index (χ3n) is 3.51. The van der Waals surface area contributed by atoms with Crippen molar-refractivity contribution in [3.05, 3.63) is 54.6 Å². The van der Waals surface area contributed by atoms with E-state index < -0.39 is 0 Å². The molecule has 0 aliphatic rings. The number of thioether (sulfide) groups is 1. The molecule has 24 heavy (non-hydrogen) atoms. The topological polar surface area (TPSA) is 49.2 Å². The van der Waals surface area contributed by atoms with Crippen LogP contribution in [0.2, 0.25) is 0 Å². The fraction of sp³-hybridized carbons (Fsp3) is 0.222. The second-order valence-corrected chi connectivity index (χ2v) is 6.14. The number of nitrogens with zero attached hydrogens (tertiary/aromatic N) is 3. The van der Waals surface area contributed by atoms with Crippen molar-refractivity contribution in [3.63, 3.8) is 0 Å². The second-order valence-electron chi connectivity index (χ2n) is 5.08. The highest BCUT2D eigenvalue weighted by Gasteiger charge is 2.11. The molecule has 0 saturated heterocycles. The predicted octanol–water partition coefficient (Wildman–Crippen LogP) is 3.66. The van der Waals surface area contributed by atoms with E-state index >= 15 is 0 Å². The molecule has 3 aromatic rings. The van der Waals surface area contributed by atoms with Crippen LogP contribution in [-0.4, -0.2) is 34.2 Å². The van der Waals surface area contributed by atoms with Crippen molar-refractivity contribution < 1.29 is 9.47 Å². The van der Waals surface area contributed by atoms with E-state index in [0.29, 0.717) is 6.61 Å². The number of hydrogen-bond acceptors (Lipinski definition) is 5. The van der Waals surface area contributed by atoms with Gasteiger partial charge in [0.05, 0.1) is 13.7 Å². The lowest BCUT2D eigenvalue weighted by atomic mass is 10.2. The first-order chi connectivity index (χ1) is 11.8. The molecule has 0 amide bonds. The fourth-order valence-corrected chi connectivity index (χ4v) is 3.03. The molecule has 0 aliphatic carbocycles. The van der Waals surface area contributed by atoms with Gasteiger partial charge >= 0.3 is 0 Å². The Balaban J connectivity index is 1.57. The van der Waals surface area contributed by atoms with Gasteiger partial charge in [0.1, 0.15) is 0 Å². The van der Waals surface area contributed by atoms with Crippen LogP contribution in [0, 0.1) is 0 Å². The molecule has 0 N–H and O–H groups in total. The van der Waals surface area contributed by atoms with Crippen LogP contribution < -0.4 is 9.47 Å². The van der Waals surface area contributed by atoms with Crippen LogP contribution in [-0.2, 0) is 7.05 Å². The van der Waals surface area contributed by atoms with Gasteiger partial charge in [-0.3, -0.25) is 0 Å². The van der Waals surface area contributed by atoms with E-state index in [0.717, 1.165) is 33.8 Å². The van der Waals surface area contributed by atoms with E-state index in [1.807, 2.05) is 66.2 Å². The summed E-state index contributed by atoms with van der Waals surface area (Å²) in [5, 5.41) is 9.42. The zero-order chi connectivity index (χ0) is 16.8. The van der Waals surface area contributed by atoms with Gasteiger partial charge in [0, 0.05) is 18.4 Å². The number of hydrogen-bond donors (Lipinski definition) is 0. The van der Waals surface area contributed by atoms with E-state index in [1.54, 1.807) is 18.9 Å². The van der Waals surface area contributed by atoms with Crippen LogP contribution in [0.25, 0.3) is 11.4 Å². The van der Waals surface area contributed by atoms with Gasteiger partial charge in [0.2, 0.25) is 0 Å². The van der Waals surface area contributed by atoms with Gasteiger partial charge in [-0.25, -0.2) is 0 Å². The number of benzene rings is 2. The van der Waals surface area contributed by atoms with Gasteiger partial charge in [0.15, 0.2) is 22.5 Å². The third kappa shape index (κ3) is 3.71. The normalized spacial score (nSPS) is 10.6. The average molecular weight is 341 g/mol. The van der Waals surface area contributed by atoms with E-state index in [2.05, 4.69) is 10.2 Å². The molecule has 6 heteroatoms. The molecular formula is C18H19N3O2S. The first-order valence-electron chi connectivity index (χ1n) is 7.63. The first-order valence-corrected chi connectivity index (χ1v) is 8.61. The minimum Gasteiger partial charge on any atom is -0.493 e. The molecule has 0 unspecified atom stereocenters. The van der Waals surface area contributed by atoms with Crippen LogP contribution in [0.3, 0.4) is 0 Å². The summed E-state index contributed by atoms with van der Waals surface area (Å²) in [5.74, 6) is 3.14. The number of para-hydroxylation sites is 2. The standard InChI is InChI=1S/C18H19N3O2S/c1-21-17(14-8-4-3-5-9-14)19-20-18(21)24-13-12-23-16-11-7-6-10-15(16)22-2/h3-11H,12-13H2,1-2H3. The van der Waals surface area contributed by atoms with Gasteiger partial charge < -0.3 is 14.0 Å². The molecule has 124 valence electrons. The molecule has 0 aliphatic heterocycles. The van der Waals surface area contributed by atoms with Crippen molar-refractivity contribution in [2.75, 3.05) is 19.5 Å². The number of aromatic nitrogens is 3. The van der Waals surface area contributed by atoms with Crippen molar-refractivity contribution in [1.82, 2.24) is 14.8 Å². The van der Waals surface area contributed by atoms with Gasteiger partial charge in [0.25, 0.3) is 0 Å². The first kappa shape index (κ1) is 16.4. The maximum atomic E-state index is 5.78. The Hall–Kier alpha value is -2.47. The molecule has 0 atom stereocenters. The summed E-state index contributed by atoms with van der Waals surface area (Å²) in [4.78, 5) is 0. The smallest absolute Gasteiger partial charge is 0.191 e. The zero-order valence-corrected chi connectivity index (χ0v) is 14.5. The van der Waals surface area contributed by atoms with E-state index in [-0.39, 0.29) is 0 Å². The van der Waals surface area contributed by atoms with E-state index in [1.165, 1.54) is 0 Å². The summed E-state index contributed by atoms with van der Waals surface area (Å²) < 4.78 is 13.1. The summed E-state index contributed by atoms with van der Waals surface area (Å²) in [6, 6.07) is 17.7. The van der Waals surface area contributed by atoms with Crippen molar-refractivity contribution in [3.8, 4) is 22.9 Å². The van der Waals surface area contributed by atoms with Crippen molar-refractivity contribution in [2.45, 2.75) is 5.16 Å². The van der Waals surface area contributed by atoms with Crippen LogP contribution in [0.5, 0.6) is 11.5 Å². The molecule has 3 rings (SSSR count). The Morgan fingerprint density at radius 3 is 2.42 bits per heavy atom. The molecule has 1 heterocycles. The van der Waals surface area contributed by atoms with Gasteiger partial charge in [-0.15, -0.1) is 10.2 Å². The van der Waals surface area contributed by atoms with Crippen LogP contribution in [0.4, 0.5) is 0 Å². The number of methoxy groups -OCH3 is 1. The van der Waals surface area contributed by atoms with E-state index in [9.17, 15) is 0 Å². The van der Waals surface area contributed by atoms with Gasteiger partial charge in [-0.1, -0.05) is 54.2 Å². The summed E-state index contributed by atoms with van der Waals surface area (Å²) in [7, 11) is 3.62. The Bertz CT molecular complexity index is 790. The quantitative estimate of drug-likeness (QED) is 0.485. The molecule has 0 fully saturated rings. The maximum Gasteiger partial charge on any atom is 0.191 e. The molecule has 0 bridgehead atoms. The molecule has 5 nitrogen and oxygen atoms in total. The Kier molecular flexibility index (Phi) is 5.38. The minimum atomic E-state index is 0.568. The highest BCUT2D eigenvalue weighted by Crippen LogP contribution is 2.26. The Morgan fingerprint density at radius 2 is 1.67 bits per heavy atom. The molecule has 2 aromatic carbocycles. The SMILES string of the molecule is COc1ccccc1OCCSc1nnc(-c2ccccc2)n1C. The summed E-state index contributed by atoms with van der Waals surface area (Å²) in [5.41, 5.74) is 1.06. The second kappa shape index (κ2) is 7.88. The molecule has 0 saturated carbocycles. The molecule has 0 radical (unpaired) electrons.